The fourth-order valence-electron chi connectivity index (χ4n) is 4.57. The summed E-state index contributed by atoms with van der Waals surface area (Å²) >= 11 is 0. The lowest BCUT2D eigenvalue weighted by Gasteiger charge is -2.30. The molecule has 1 aromatic rings. The van der Waals surface area contributed by atoms with Gasteiger partial charge >= 0.3 is 6.03 Å². The van der Waals surface area contributed by atoms with Gasteiger partial charge in [0.2, 0.25) is 5.91 Å². The van der Waals surface area contributed by atoms with E-state index in [2.05, 4.69) is 29.3 Å². The molecule has 28 heavy (non-hydrogen) atoms. The summed E-state index contributed by atoms with van der Waals surface area (Å²) in [5.74, 6) is 0.191. The lowest BCUT2D eigenvalue weighted by Crippen LogP contribution is -2.48. The van der Waals surface area contributed by atoms with Gasteiger partial charge in [-0.25, -0.2) is 4.79 Å². The van der Waals surface area contributed by atoms with Crippen molar-refractivity contribution in [3.8, 4) is 0 Å². The summed E-state index contributed by atoms with van der Waals surface area (Å²) in [6.45, 7) is 7.57. The summed E-state index contributed by atoms with van der Waals surface area (Å²) in [6, 6.07) is 8.50. The van der Waals surface area contributed by atoms with Crippen LogP contribution < -0.4 is 5.32 Å². The smallest absolute Gasteiger partial charge is 0.317 e. The van der Waals surface area contributed by atoms with Crippen molar-refractivity contribution in [1.29, 1.82) is 0 Å². The number of ether oxygens (including phenoxy) is 1. The predicted molar refractivity (Wildman–Crippen MR) is 106 cm³/mol. The number of nitrogens with one attached hydrogen (secondary N) is 1. The fourth-order valence-corrected chi connectivity index (χ4v) is 4.57. The Kier molecular flexibility index (Phi) is 5.82. The average molecular weight is 386 g/mol. The van der Waals surface area contributed by atoms with Crippen molar-refractivity contribution in [3.63, 3.8) is 0 Å². The number of rotatable bonds is 4. The number of benzene rings is 1. The third kappa shape index (κ3) is 4.15. The van der Waals surface area contributed by atoms with E-state index < -0.39 is 0 Å². The molecule has 152 valence electrons. The largest absolute Gasteiger partial charge is 0.379 e. The molecule has 7 nitrogen and oxygen atoms in total. The Morgan fingerprint density at radius 2 is 1.64 bits per heavy atom. The van der Waals surface area contributed by atoms with Crippen LogP contribution in [0.15, 0.2) is 24.3 Å². The second-order valence-electron chi connectivity index (χ2n) is 8.03. The van der Waals surface area contributed by atoms with E-state index in [9.17, 15) is 9.59 Å². The maximum absolute atomic E-state index is 12.8. The van der Waals surface area contributed by atoms with Gasteiger partial charge in [0.1, 0.15) is 0 Å². The second kappa shape index (κ2) is 8.49. The number of nitrogens with zero attached hydrogens (tertiary/aromatic N) is 3. The van der Waals surface area contributed by atoms with Gasteiger partial charge in [0.15, 0.2) is 0 Å². The summed E-state index contributed by atoms with van der Waals surface area (Å²) in [7, 11) is 0. The second-order valence-corrected chi connectivity index (χ2v) is 8.03. The monoisotopic (exact) mass is 386 g/mol. The number of hydrogen-bond donors (Lipinski definition) is 1. The zero-order chi connectivity index (χ0) is 19.5. The molecule has 3 amide bonds. The number of aryl methyl sites for hydroxylation is 1. The maximum Gasteiger partial charge on any atom is 0.317 e. The Morgan fingerprint density at radius 3 is 2.36 bits per heavy atom. The van der Waals surface area contributed by atoms with Crippen LogP contribution in [-0.2, 0) is 16.1 Å². The molecule has 0 radical (unpaired) electrons. The van der Waals surface area contributed by atoms with E-state index >= 15 is 0 Å². The summed E-state index contributed by atoms with van der Waals surface area (Å²) < 4.78 is 5.36. The van der Waals surface area contributed by atoms with Gasteiger partial charge in [-0.1, -0.05) is 29.8 Å². The normalized spacial score (nSPS) is 25.0. The molecule has 3 aliphatic rings. The fraction of sp³-hybridized carbons (Fsp3) is 0.619. The van der Waals surface area contributed by atoms with Gasteiger partial charge in [-0.2, -0.15) is 0 Å². The predicted octanol–water partition coefficient (Wildman–Crippen LogP) is 1.21. The van der Waals surface area contributed by atoms with Crippen LogP contribution in [0.4, 0.5) is 4.79 Å². The van der Waals surface area contributed by atoms with Crippen molar-refractivity contribution in [2.75, 3.05) is 45.9 Å². The maximum atomic E-state index is 12.8. The first-order valence-electron chi connectivity index (χ1n) is 10.3. The van der Waals surface area contributed by atoms with Crippen LogP contribution in [0.2, 0.25) is 0 Å². The highest BCUT2D eigenvalue weighted by Gasteiger charge is 2.46. The number of morpholine rings is 1. The quantitative estimate of drug-likeness (QED) is 0.845. The molecule has 1 N–H and O–H groups in total. The van der Waals surface area contributed by atoms with Crippen LogP contribution in [-0.4, -0.2) is 84.7 Å². The Morgan fingerprint density at radius 1 is 1.00 bits per heavy atom. The summed E-state index contributed by atoms with van der Waals surface area (Å²) in [5, 5.41) is 3.04. The molecule has 0 unspecified atom stereocenters. The Bertz CT molecular complexity index is 702. The van der Waals surface area contributed by atoms with Crippen LogP contribution >= 0.6 is 0 Å². The van der Waals surface area contributed by atoms with Crippen LogP contribution in [0, 0.1) is 6.92 Å². The first kappa shape index (κ1) is 19.2. The van der Waals surface area contributed by atoms with Crippen LogP contribution in [0.1, 0.15) is 24.0 Å². The molecule has 0 bridgehead atoms. The van der Waals surface area contributed by atoms with E-state index in [1.54, 1.807) is 0 Å². The molecule has 3 saturated heterocycles. The molecule has 0 aliphatic carbocycles. The molecule has 3 aliphatic heterocycles. The van der Waals surface area contributed by atoms with Crippen LogP contribution in [0.5, 0.6) is 0 Å². The van der Waals surface area contributed by atoms with Crippen molar-refractivity contribution in [3.05, 3.63) is 35.4 Å². The molecule has 7 heteroatoms. The van der Waals surface area contributed by atoms with E-state index in [1.807, 2.05) is 21.9 Å². The first-order valence-corrected chi connectivity index (χ1v) is 10.3. The molecular formula is C21H30N4O3. The molecule has 0 aromatic heterocycles. The number of carbonyl (C=O) groups is 2. The summed E-state index contributed by atoms with van der Waals surface area (Å²) in [4.78, 5) is 31.6. The zero-order valence-corrected chi connectivity index (χ0v) is 16.6. The molecular weight excluding hydrogens is 356 g/mol. The Labute approximate surface area is 166 Å². The van der Waals surface area contributed by atoms with Crippen molar-refractivity contribution in [2.24, 2.45) is 0 Å². The summed E-state index contributed by atoms with van der Waals surface area (Å²) in [6.07, 6.45) is 1.74. The van der Waals surface area contributed by atoms with E-state index in [-0.39, 0.29) is 24.0 Å². The molecule has 1 aromatic carbocycles. The number of hydrogen-bond acceptors (Lipinski definition) is 4. The first-order chi connectivity index (χ1) is 13.6. The minimum absolute atomic E-state index is 0.0180. The number of likely N-dealkylation sites (tertiary alicyclic amines) is 2. The van der Waals surface area contributed by atoms with Gasteiger partial charge < -0.3 is 19.9 Å². The molecule has 3 heterocycles. The number of urea groups is 1. The Balaban J connectivity index is 1.29. The van der Waals surface area contributed by atoms with Crippen molar-refractivity contribution >= 4 is 11.9 Å². The molecule has 0 spiro atoms. The minimum atomic E-state index is -0.0180. The van der Waals surface area contributed by atoms with E-state index in [4.69, 9.17) is 4.74 Å². The molecule has 0 saturated carbocycles. The highest BCUT2D eigenvalue weighted by molar-refractivity contribution is 5.80. The highest BCUT2D eigenvalue weighted by atomic mass is 16.5. The third-order valence-corrected chi connectivity index (χ3v) is 6.18. The topological polar surface area (TPSA) is 65.1 Å². The van der Waals surface area contributed by atoms with Gasteiger partial charge in [-0.15, -0.1) is 0 Å². The Hall–Kier alpha value is -2.12. The van der Waals surface area contributed by atoms with Gasteiger partial charge in [0, 0.05) is 32.7 Å². The lowest BCUT2D eigenvalue weighted by atomic mass is 10.1. The van der Waals surface area contributed by atoms with Gasteiger partial charge in [0.05, 0.1) is 31.8 Å². The highest BCUT2D eigenvalue weighted by Crippen LogP contribution is 2.31. The van der Waals surface area contributed by atoms with Crippen LogP contribution in [0.3, 0.4) is 0 Å². The van der Waals surface area contributed by atoms with Crippen molar-refractivity contribution in [2.45, 2.75) is 38.4 Å². The van der Waals surface area contributed by atoms with E-state index in [1.165, 1.54) is 5.56 Å². The SMILES string of the molecule is Cc1ccc(CNC(=O)N2CC[C@H]3[C@@H]2CCN3C(=O)CN2CCOCC2)cc1. The van der Waals surface area contributed by atoms with Crippen molar-refractivity contribution in [1.82, 2.24) is 20.0 Å². The standard InChI is InChI=1S/C21H30N4O3/c1-16-2-4-17(5-3-16)14-22-21(27)25-9-7-18-19(25)6-8-24(18)20(26)15-23-10-12-28-13-11-23/h2-5,18-19H,6-15H2,1H3,(H,22,27)/t18-,19-/m0/s1. The van der Waals surface area contributed by atoms with Gasteiger partial charge in [-0.3, -0.25) is 9.69 Å². The average Bonchev–Trinajstić information content (AvgIpc) is 3.30. The van der Waals surface area contributed by atoms with Gasteiger partial charge in [0.25, 0.3) is 0 Å². The molecule has 2 atom stereocenters. The number of carbonyl (C=O) groups excluding carboxylic acids is 2. The third-order valence-electron chi connectivity index (χ3n) is 6.18. The van der Waals surface area contributed by atoms with Crippen molar-refractivity contribution < 1.29 is 14.3 Å². The minimum Gasteiger partial charge on any atom is -0.379 e. The number of fused-ring (bicyclic) bond motifs is 1. The lowest BCUT2D eigenvalue weighted by molar-refractivity contribution is -0.134. The van der Waals surface area contributed by atoms with E-state index in [0.717, 1.165) is 44.6 Å². The number of amides is 3. The molecule has 4 rings (SSSR count). The summed E-state index contributed by atoms with van der Waals surface area (Å²) in [5.41, 5.74) is 2.31. The van der Waals surface area contributed by atoms with Crippen LogP contribution in [0.25, 0.3) is 0 Å². The molecule has 3 fully saturated rings. The van der Waals surface area contributed by atoms with E-state index in [0.29, 0.717) is 26.3 Å². The van der Waals surface area contributed by atoms with Gasteiger partial charge in [-0.05, 0) is 25.3 Å². The zero-order valence-electron chi connectivity index (χ0n) is 16.6.